The topological polar surface area (TPSA) is 54.0 Å². The number of hydrogen-bond acceptors (Lipinski definition) is 5. The van der Waals surface area contributed by atoms with Crippen LogP contribution >= 0.6 is 11.3 Å². The van der Waals surface area contributed by atoms with E-state index in [1.165, 1.54) is 5.56 Å². The van der Waals surface area contributed by atoms with Gasteiger partial charge in [0.1, 0.15) is 0 Å². The molecule has 2 aliphatic rings. The average Bonchev–Trinajstić information content (AvgIpc) is 3.31. The standard InChI is InChI=1S/C18H21N3O3S/c22-18(19-10-15-3-8-25-12-15)21-6-4-20(5-7-21)11-14-1-2-16-17(9-14)24-13-23-16/h1-3,8-9,12H,4-7,10-11,13H2,(H,19,22). The number of ether oxygens (including phenoxy) is 2. The van der Waals surface area contributed by atoms with Crippen LogP contribution in [0.1, 0.15) is 11.1 Å². The van der Waals surface area contributed by atoms with Crippen LogP contribution in [0, 0.1) is 0 Å². The van der Waals surface area contributed by atoms with E-state index in [9.17, 15) is 4.79 Å². The molecular weight excluding hydrogens is 338 g/mol. The lowest BCUT2D eigenvalue weighted by atomic mass is 10.1. The zero-order valence-electron chi connectivity index (χ0n) is 13.9. The predicted molar refractivity (Wildman–Crippen MR) is 96.0 cm³/mol. The van der Waals surface area contributed by atoms with Crippen molar-refractivity contribution >= 4 is 17.4 Å². The molecule has 1 aromatic heterocycles. The Bertz CT molecular complexity index is 727. The second-order valence-electron chi connectivity index (χ2n) is 6.24. The van der Waals surface area contributed by atoms with E-state index < -0.39 is 0 Å². The van der Waals surface area contributed by atoms with Crippen LogP contribution in [0.3, 0.4) is 0 Å². The number of nitrogens with one attached hydrogen (secondary N) is 1. The van der Waals surface area contributed by atoms with Crippen LogP contribution in [0.2, 0.25) is 0 Å². The highest BCUT2D eigenvalue weighted by Crippen LogP contribution is 2.32. The van der Waals surface area contributed by atoms with Crippen molar-refractivity contribution in [2.24, 2.45) is 0 Å². The van der Waals surface area contributed by atoms with Crippen molar-refractivity contribution < 1.29 is 14.3 Å². The van der Waals surface area contributed by atoms with Crippen LogP contribution in [0.25, 0.3) is 0 Å². The number of piperazine rings is 1. The molecule has 0 bridgehead atoms. The predicted octanol–water partition coefficient (Wildman–Crippen LogP) is 2.50. The van der Waals surface area contributed by atoms with Crippen LogP contribution in [0.5, 0.6) is 11.5 Å². The van der Waals surface area contributed by atoms with Gasteiger partial charge in [-0.15, -0.1) is 0 Å². The minimum absolute atomic E-state index is 0.0222. The average molecular weight is 359 g/mol. The summed E-state index contributed by atoms with van der Waals surface area (Å²) in [4.78, 5) is 16.5. The van der Waals surface area contributed by atoms with Gasteiger partial charge in [-0.3, -0.25) is 4.90 Å². The smallest absolute Gasteiger partial charge is 0.317 e. The Morgan fingerprint density at radius 3 is 2.72 bits per heavy atom. The van der Waals surface area contributed by atoms with E-state index >= 15 is 0 Å². The molecule has 0 aliphatic carbocycles. The molecule has 2 amide bonds. The fourth-order valence-corrected chi connectivity index (χ4v) is 3.76. The third-order valence-corrected chi connectivity index (χ3v) is 5.26. The highest BCUT2D eigenvalue weighted by atomic mass is 32.1. The maximum absolute atomic E-state index is 12.3. The molecular formula is C18H21N3O3S. The van der Waals surface area contributed by atoms with E-state index in [1.54, 1.807) is 11.3 Å². The van der Waals surface area contributed by atoms with Crippen LogP contribution in [-0.4, -0.2) is 48.8 Å². The molecule has 0 saturated carbocycles. The summed E-state index contributed by atoms with van der Waals surface area (Å²) in [6, 6.07) is 8.14. The first-order valence-corrected chi connectivity index (χ1v) is 9.37. The molecule has 0 radical (unpaired) electrons. The SMILES string of the molecule is O=C(NCc1ccsc1)N1CCN(Cc2ccc3c(c2)OCO3)CC1. The highest BCUT2D eigenvalue weighted by molar-refractivity contribution is 7.07. The fraction of sp³-hybridized carbons (Fsp3) is 0.389. The molecule has 1 saturated heterocycles. The lowest BCUT2D eigenvalue weighted by Crippen LogP contribution is -2.51. The van der Waals surface area contributed by atoms with Gasteiger partial charge in [-0.25, -0.2) is 4.79 Å². The maximum atomic E-state index is 12.3. The Morgan fingerprint density at radius 1 is 1.08 bits per heavy atom. The van der Waals surface area contributed by atoms with Crippen molar-refractivity contribution in [2.75, 3.05) is 33.0 Å². The van der Waals surface area contributed by atoms with Crippen molar-refractivity contribution in [1.29, 1.82) is 0 Å². The van der Waals surface area contributed by atoms with E-state index in [2.05, 4.69) is 21.7 Å². The lowest BCUT2D eigenvalue weighted by Gasteiger charge is -2.34. The number of carbonyl (C=O) groups excluding carboxylic acids is 1. The Balaban J connectivity index is 1.24. The second kappa shape index (κ2) is 7.33. The summed E-state index contributed by atoms with van der Waals surface area (Å²) in [5.74, 6) is 1.64. The molecule has 2 aliphatic heterocycles. The number of urea groups is 1. The summed E-state index contributed by atoms with van der Waals surface area (Å²) in [6.07, 6.45) is 0. The third kappa shape index (κ3) is 3.88. The van der Waals surface area contributed by atoms with Crippen LogP contribution in [-0.2, 0) is 13.1 Å². The highest BCUT2D eigenvalue weighted by Gasteiger charge is 2.21. The van der Waals surface area contributed by atoms with Gasteiger partial charge in [0.05, 0.1) is 0 Å². The maximum Gasteiger partial charge on any atom is 0.317 e. The number of fused-ring (bicyclic) bond motifs is 1. The summed E-state index contributed by atoms with van der Waals surface area (Å²) in [5.41, 5.74) is 2.36. The molecule has 0 unspecified atom stereocenters. The number of nitrogens with zero attached hydrogens (tertiary/aromatic N) is 2. The Hall–Kier alpha value is -2.25. The number of amides is 2. The molecule has 1 N–H and O–H groups in total. The monoisotopic (exact) mass is 359 g/mol. The van der Waals surface area contributed by atoms with Gasteiger partial charge in [0.25, 0.3) is 0 Å². The van der Waals surface area contributed by atoms with Crippen molar-refractivity contribution in [3.63, 3.8) is 0 Å². The summed E-state index contributed by atoms with van der Waals surface area (Å²) in [7, 11) is 0. The molecule has 6 nitrogen and oxygen atoms in total. The summed E-state index contributed by atoms with van der Waals surface area (Å²) in [6.45, 7) is 5.01. The third-order valence-electron chi connectivity index (χ3n) is 4.53. The van der Waals surface area contributed by atoms with Gasteiger partial charge < -0.3 is 19.7 Å². The molecule has 25 heavy (non-hydrogen) atoms. The quantitative estimate of drug-likeness (QED) is 0.911. The molecule has 2 aromatic rings. The van der Waals surface area contributed by atoms with E-state index in [-0.39, 0.29) is 6.03 Å². The largest absolute Gasteiger partial charge is 0.454 e. The first-order valence-electron chi connectivity index (χ1n) is 8.43. The number of carbonyl (C=O) groups is 1. The van der Waals surface area contributed by atoms with Crippen molar-refractivity contribution in [3.05, 3.63) is 46.2 Å². The van der Waals surface area contributed by atoms with Crippen molar-refractivity contribution in [3.8, 4) is 11.5 Å². The van der Waals surface area contributed by atoms with Gasteiger partial charge >= 0.3 is 6.03 Å². The van der Waals surface area contributed by atoms with E-state index in [4.69, 9.17) is 9.47 Å². The first kappa shape index (κ1) is 16.2. The van der Waals surface area contributed by atoms with Crippen molar-refractivity contribution in [1.82, 2.24) is 15.1 Å². The normalized spacial score (nSPS) is 16.9. The van der Waals surface area contributed by atoms with Gasteiger partial charge in [0.2, 0.25) is 6.79 Å². The summed E-state index contributed by atoms with van der Waals surface area (Å²) >= 11 is 1.65. The molecule has 0 atom stereocenters. The second-order valence-corrected chi connectivity index (χ2v) is 7.02. The van der Waals surface area contributed by atoms with Gasteiger partial charge in [-0.1, -0.05) is 6.07 Å². The molecule has 1 fully saturated rings. The number of benzene rings is 1. The zero-order chi connectivity index (χ0) is 17.1. The van der Waals surface area contributed by atoms with Gasteiger partial charge in [-0.05, 0) is 40.1 Å². The minimum atomic E-state index is 0.0222. The minimum Gasteiger partial charge on any atom is -0.454 e. The number of thiophene rings is 1. The number of hydrogen-bond donors (Lipinski definition) is 1. The van der Waals surface area contributed by atoms with Crippen LogP contribution in [0.15, 0.2) is 35.0 Å². The molecule has 7 heteroatoms. The molecule has 3 heterocycles. The zero-order valence-corrected chi connectivity index (χ0v) is 14.8. The Labute approximate surface area is 150 Å². The van der Waals surface area contributed by atoms with Gasteiger partial charge in [-0.2, -0.15) is 11.3 Å². The molecule has 4 rings (SSSR count). The van der Waals surface area contributed by atoms with Crippen LogP contribution < -0.4 is 14.8 Å². The van der Waals surface area contributed by atoms with E-state index in [0.29, 0.717) is 13.3 Å². The molecule has 132 valence electrons. The summed E-state index contributed by atoms with van der Waals surface area (Å²) in [5, 5.41) is 7.08. The van der Waals surface area contributed by atoms with E-state index in [1.807, 2.05) is 28.5 Å². The summed E-state index contributed by atoms with van der Waals surface area (Å²) < 4.78 is 10.8. The Morgan fingerprint density at radius 2 is 1.92 bits per heavy atom. The lowest BCUT2D eigenvalue weighted by molar-refractivity contribution is 0.135. The van der Waals surface area contributed by atoms with Gasteiger partial charge in [0, 0.05) is 39.3 Å². The molecule has 1 aromatic carbocycles. The van der Waals surface area contributed by atoms with Crippen molar-refractivity contribution in [2.45, 2.75) is 13.1 Å². The fourth-order valence-electron chi connectivity index (χ4n) is 3.09. The van der Waals surface area contributed by atoms with E-state index in [0.717, 1.165) is 49.8 Å². The van der Waals surface area contributed by atoms with Crippen LogP contribution in [0.4, 0.5) is 4.79 Å². The van der Waals surface area contributed by atoms with Gasteiger partial charge in [0.15, 0.2) is 11.5 Å². The Kier molecular flexibility index (Phi) is 4.76. The number of rotatable bonds is 4. The molecule has 0 spiro atoms. The first-order chi connectivity index (χ1) is 12.3.